The lowest BCUT2D eigenvalue weighted by Gasteiger charge is -2.26. The van der Waals surface area contributed by atoms with Gasteiger partial charge in [-0.3, -0.25) is 0 Å². The third kappa shape index (κ3) is 3.26. The van der Waals surface area contributed by atoms with Crippen LogP contribution in [0.1, 0.15) is 37.8 Å². The normalized spacial score (nSPS) is 15.1. The quantitative estimate of drug-likeness (QED) is 0.730. The Morgan fingerprint density at radius 2 is 1.95 bits per heavy atom. The average molecular weight is 360 g/mol. The highest BCUT2D eigenvalue weighted by molar-refractivity contribution is 9.09. The lowest BCUT2D eigenvalue weighted by molar-refractivity contribution is 0.355. The van der Waals surface area contributed by atoms with Crippen molar-refractivity contribution in [2.75, 3.05) is 11.9 Å². The Hall–Kier alpha value is -0.390. The molecule has 0 heterocycles. The number of hydrogen-bond donors (Lipinski definition) is 0. The van der Waals surface area contributed by atoms with Crippen molar-refractivity contribution in [3.8, 4) is 0 Å². The average Bonchev–Trinajstić information content (AvgIpc) is 2.85. The number of halogens is 1. The molecule has 0 amide bonds. The van der Waals surface area contributed by atoms with Gasteiger partial charge in [-0.05, 0) is 62.8 Å². The first-order chi connectivity index (χ1) is 9.46. The summed E-state index contributed by atoms with van der Waals surface area (Å²) in [5, 5.41) is 0.815. The highest BCUT2D eigenvalue weighted by Gasteiger charge is 2.27. The number of sulfonamides is 1. The molecule has 20 heavy (non-hydrogen) atoms. The van der Waals surface area contributed by atoms with Gasteiger partial charge in [-0.15, -0.1) is 0 Å². The Balaban J connectivity index is 2.32. The van der Waals surface area contributed by atoms with Gasteiger partial charge in [0.2, 0.25) is 10.0 Å². The molecule has 1 aliphatic rings. The first kappa shape index (κ1) is 16.0. The van der Waals surface area contributed by atoms with Crippen LogP contribution in [0, 0.1) is 0 Å². The van der Waals surface area contributed by atoms with Gasteiger partial charge in [0.25, 0.3) is 0 Å². The van der Waals surface area contributed by atoms with Crippen LogP contribution in [0.4, 0.5) is 0 Å². The highest BCUT2D eigenvalue weighted by atomic mass is 79.9. The molecular formula is C15H22BrNO2S. The molecule has 1 aromatic carbocycles. The number of alkyl halides is 1. The van der Waals surface area contributed by atoms with Crippen LogP contribution in [0.2, 0.25) is 0 Å². The second kappa shape index (κ2) is 6.58. The van der Waals surface area contributed by atoms with Crippen molar-refractivity contribution in [3.63, 3.8) is 0 Å². The maximum absolute atomic E-state index is 12.8. The molecule has 5 heteroatoms. The van der Waals surface area contributed by atoms with Gasteiger partial charge in [0.1, 0.15) is 0 Å². The number of hydrogen-bond acceptors (Lipinski definition) is 2. The summed E-state index contributed by atoms with van der Waals surface area (Å²) in [6, 6.07) is 5.61. The molecular weight excluding hydrogens is 338 g/mol. The summed E-state index contributed by atoms with van der Waals surface area (Å²) in [5.74, 6) is 0. The number of rotatable bonds is 6. The third-order valence-electron chi connectivity index (χ3n) is 3.76. The second-order valence-corrected chi connectivity index (χ2v) is 8.22. The Kier molecular flexibility index (Phi) is 5.26. The van der Waals surface area contributed by atoms with E-state index in [-0.39, 0.29) is 6.04 Å². The third-order valence-corrected chi connectivity index (χ3v) is 6.40. The first-order valence-corrected chi connectivity index (χ1v) is 9.72. The minimum Gasteiger partial charge on any atom is -0.207 e. The van der Waals surface area contributed by atoms with Gasteiger partial charge in [0.15, 0.2) is 0 Å². The molecule has 1 aliphatic carbocycles. The minimum absolute atomic E-state index is 0.0210. The van der Waals surface area contributed by atoms with E-state index >= 15 is 0 Å². The zero-order valence-electron chi connectivity index (χ0n) is 12.1. The Labute approximate surface area is 130 Å². The van der Waals surface area contributed by atoms with Crippen molar-refractivity contribution >= 4 is 26.0 Å². The van der Waals surface area contributed by atoms with Gasteiger partial charge in [-0.1, -0.05) is 22.0 Å². The van der Waals surface area contributed by atoms with Crippen molar-refractivity contribution in [2.45, 2.75) is 50.5 Å². The smallest absolute Gasteiger partial charge is 0.207 e. The predicted molar refractivity (Wildman–Crippen MR) is 85.9 cm³/mol. The van der Waals surface area contributed by atoms with Crippen LogP contribution in [0.15, 0.2) is 23.1 Å². The molecule has 0 unspecified atom stereocenters. The molecule has 0 atom stereocenters. The van der Waals surface area contributed by atoms with E-state index in [1.807, 2.05) is 26.0 Å². The molecule has 0 fully saturated rings. The highest BCUT2D eigenvalue weighted by Crippen LogP contribution is 2.27. The number of benzene rings is 1. The Morgan fingerprint density at radius 1 is 1.25 bits per heavy atom. The van der Waals surface area contributed by atoms with Gasteiger partial charge < -0.3 is 0 Å². The predicted octanol–water partition coefficient (Wildman–Crippen LogP) is 3.36. The summed E-state index contributed by atoms with van der Waals surface area (Å²) in [7, 11) is -3.38. The molecule has 1 aromatic rings. The largest absolute Gasteiger partial charge is 0.243 e. The Bertz CT molecular complexity index is 569. The van der Waals surface area contributed by atoms with E-state index in [4.69, 9.17) is 0 Å². The van der Waals surface area contributed by atoms with E-state index in [0.717, 1.165) is 31.0 Å². The van der Waals surface area contributed by atoms with Crippen LogP contribution < -0.4 is 0 Å². The maximum Gasteiger partial charge on any atom is 0.243 e. The first-order valence-electron chi connectivity index (χ1n) is 7.16. The fourth-order valence-corrected chi connectivity index (χ4v) is 4.69. The number of fused-ring (bicyclic) bond motifs is 1. The van der Waals surface area contributed by atoms with Gasteiger partial charge in [-0.2, -0.15) is 4.31 Å². The van der Waals surface area contributed by atoms with Gasteiger partial charge in [-0.25, -0.2) is 8.42 Å². The fraction of sp³-hybridized carbons (Fsp3) is 0.600. The zero-order valence-corrected chi connectivity index (χ0v) is 14.5. The van der Waals surface area contributed by atoms with Crippen molar-refractivity contribution in [1.82, 2.24) is 4.31 Å². The van der Waals surface area contributed by atoms with Crippen molar-refractivity contribution in [3.05, 3.63) is 29.3 Å². The van der Waals surface area contributed by atoms with E-state index in [2.05, 4.69) is 15.9 Å². The van der Waals surface area contributed by atoms with E-state index in [0.29, 0.717) is 11.4 Å². The SMILES string of the molecule is CC(C)N(CCCBr)S(=O)(=O)c1ccc2c(c1)CCC2. The second-order valence-electron chi connectivity index (χ2n) is 5.54. The van der Waals surface area contributed by atoms with Crippen molar-refractivity contribution < 1.29 is 8.42 Å². The van der Waals surface area contributed by atoms with E-state index in [1.54, 1.807) is 10.4 Å². The summed E-state index contributed by atoms with van der Waals surface area (Å²) in [5.41, 5.74) is 2.51. The van der Waals surface area contributed by atoms with Crippen LogP contribution >= 0.6 is 15.9 Å². The van der Waals surface area contributed by atoms with Gasteiger partial charge >= 0.3 is 0 Å². The van der Waals surface area contributed by atoms with Crippen LogP contribution in [0.5, 0.6) is 0 Å². The summed E-state index contributed by atoms with van der Waals surface area (Å²) >= 11 is 3.37. The molecule has 0 radical (unpaired) electrons. The van der Waals surface area contributed by atoms with Gasteiger partial charge in [0, 0.05) is 17.9 Å². The lowest BCUT2D eigenvalue weighted by atomic mass is 10.1. The summed E-state index contributed by atoms with van der Waals surface area (Å²) in [4.78, 5) is 0.446. The molecule has 2 rings (SSSR count). The standard InChI is InChI=1S/C15H22BrNO2S/c1-12(2)17(10-4-9-16)20(18,19)15-8-7-13-5-3-6-14(13)11-15/h7-8,11-12H,3-6,9-10H2,1-2H3. The van der Waals surface area contributed by atoms with Crippen LogP contribution in [0.3, 0.4) is 0 Å². The molecule has 0 aromatic heterocycles. The molecule has 0 N–H and O–H groups in total. The van der Waals surface area contributed by atoms with Crippen LogP contribution in [-0.4, -0.2) is 30.6 Å². The molecule has 112 valence electrons. The monoisotopic (exact) mass is 359 g/mol. The maximum atomic E-state index is 12.8. The molecule has 0 saturated carbocycles. The molecule has 3 nitrogen and oxygen atoms in total. The van der Waals surface area contributed by atoms with Gasteiger partial charge in [0.05, 0.1) is 4.90 Å². The van der Waals surface area contributed by atoms with Crippen LogP contribution in [-0.2, 0) is 22.9 Å². The summed E-state index contributed by atoms with van der Waals surface area (Å²) < 4.78 is 27.2. The number of aryl methyl sites for hydroxylation is 2. The number of nitrogens with zero attached hydrogens (tertiary/aromatic N) is 1. The zero-order chi connectivity index (χ0) is 14.8. The van der Waals surface area contributed by atoms with Crippen molar-refractivity contribution in [1.29, 1.82) is 0 Å². The molecule has 0 aliphatic heterocycles. The van der Waals surface area contributed by atoms with Crippen LogP contribution in [0.25, 0.3) is 0 Å². The van der Waals surface area contributed by atoms with Crippen molar-refractivity contribution in [2.24, 2.45) is 0 Å². The summed E-state index contributed by atoms with van der Waals surface area (Å²) in [6.07, 6.45) is 4.04. The fourth-order valence-electron chi connectivity index (χ4n) is 2.72. The molecule has 0 spiro atoms. The molecule has 0 saturated heterocycles. The van der Waals surface area contributed by atoms with E-state index in [1.165, 1.54) is 11.1 Å². The molecule has 0 bridgehead atoms. The van der Waals surface area contributed by atoms with E-state index in [9.17, 15) is 8.42 Å². The minimum atomic E-state index is -3.38. The topological polar surface area (TPSA) is 37.4 Å². The lowest BCUT2D eigenvalue weighted by Crippen LogP contribution is -2.37. The Morgan fingerprint density at radius 3 is 2.60 bits per heavy atom. The summed E-state index contributed by atoms with van der Waals surface area (Å²) in [6.45, 7) is 4.42. The van der Waals surface area contributed by atoms with E-state index < -0.39 is 10.0 Å².